The Morgan fingerprint density at radius 2 is 2.07 bits per heavy atom. The van der Waals surface area contributed by atoms with Crippen LogP contribution in [-0.2, 0) is 22.7 Å². The number of ether oxygens (including phenoxy) is 1. The van der Waals surface area contributed by atoms with Crippen molar-refractivity contribution in [2.24, 2.45) is 0 Å². The summed E-state index contributed by atoms with van der Waals surface area (Å²) in [6, 6.07) is 9.42. The van der Waals surface area contributed by atoms with Gasteiger partial charge in [-0.2, -0.15) is 0 Å². The molecule has 3 N–H and O–H groups in total. The molecule has 1 atom stereocenters. The molecular weight excluding hydrogens is 393 g/mol. The van der Waals surface area contributed by atoms with Crippen LogP contribution in [0.1, 0.15) is 34.3 Å². The van der Waals surface area contributed by atoms with Crippen LogP contribution in [0.2, 0.25) is 0 Å². The quantitative estimate of drug-likeness (QED) is 0.642. The van der Waals surface area contributed by atoms with Crippen molar-refractivity contribution < 1.29 is 28.6 Å². The first-order valence-electron chi connectivity index (χ1n) is 9.40. The van der Waals surface area contributed by atoms with Crippen molar-refractivity contribution >= 4 is 23.4 Å². The summed E-state index contributed by atoms with van der Waals surface area (Å²) in [4.78, 5) is 37.6. The molecule has 9 heteroatoms. The van der Waals surface area contributed by atoms with Gasteiger partial charge in [-0.25, -0.2) is 4.39 Å². The number of methoxy groups -OCH3 is 1. The number of hydrogen-bond acceptors (Lipinski definition) is 6. The second kappa shape index (κ2) is 7.42. The molecule has 8 nitrogen and oxygen atoms in total. The number of carbonyl (C=O) groups excluding carboxylic acids is 3. The van der Waals surface area contributed by atoms with Crippen molar-refractivity contribution in [2.75, 3.05) is 12.4 Å². The SMILES string of the molecule is COc1ccc(F)c(CNc2cccc3c2CN(C2(O)CCC(=O)NC2=O)C3=O)c1. The lowest BCUT2D eigenvalue weighted by Gasteiger charge is -2.37. The highest BCUT2D eigenvalue weighted by atomic mass is 19.1. The zero-order valence-electron chi connectivity index (χ0n) is 16.2. The summed E-state index contributed by atoms with van der Waals surface area (Å²) in [5, 5.41) is 16.0. The van der Waals surface area contributed by atoms with Crippen LogP contribution in [0.4, 0.5) is 10.1 Å². The third-order valence-electron chi connectivity index (χ3n) is 5.45. The maximum atomic E-state index is 14.1. The summed E-state index contributed by atoms with van der Waals surface area (Å²) in [6.07, 6.45) is -0.238. The predicted octanol–water partition coefficient (Wildman–Crippen LogP) is 1.53. The predicted molar refractivity (Wildman–Crippen MR) is 104 cm³/mol. The molecule has 2 aliphatic rings. The summed E-state index contributed by atoms with van der Waals surface area (Å²) in [6.45, 7) is 0.128. The Labute approximate surface area is 171 Å². The van der Waals surface area contributed by atoms with Crippen molar-refractivity contribution in [2.45, 2.75) is 31.7 Å². The van der Waals surface area contributed by atoms with E-state index >= 15 is 0 Å². The average Bonchev–Trinajstić information content (AvgIpc) is 3.08. The molecular formula is C21H20FN3O5. The minimum absolute atomic E-state index is 0.0178. The first-order chi connectivity index (χ1) is 14.3. The molecule has 0 spiro atoms. The highest BCUT2D eigenvalue weighted by Crippen LogP contribution is 2.36. The summed E-state index contributed by atoms with van der Waals surface area (Å²) < 4.78 is 19.2. The molecule has 1 fully saturated rings. The standard InChI is InChI=1S/C21H20FN3O5/c1-30-13-5-6-16(22)12(9-13)10-23-17-4-2-3-14-15(17)11-25(19(14)27)21(29)8-7-18(26)24-20(21)28/h2-6,9,23,29H,7-8,10-11H2,1H3,(H,24,26,28). The Morgan fingerprint density at radius 3 is 2.80 bits per heavy atom. The van der Waals surface area contributed by atoms with Gasteiger partial charge in [0.05, 0.1) is 13.7 Å². The van der Waals surface area contributed by atoms with Gasteiger partial charge in [0, 0.05) is 41.8 Å². The molecule has 3 amide bonds. The minimum Gasteiger partial charge on any atom is -0.497 e. The molecule has 1 saturated heterocycles. The molecule has 156 valence electrons. The monoisotopic (exact) mass is 413 g/mol. The van der Waals surface area contributed by atoms with Gasteiger partial charge in [0.2, 0.25) is 11.6 Å². The number of rotatable bonds is 5. The van der Waals surface area contributed by atoms with E-state index in [4.69, 9.17) is 4.74 Å². The molecule has 2 heterocycles. The molecule has 30 heavy (non-hydrogen) atoms. The minimum atomic E-state index is -2.10. The van der Waals surface area contributed by atoms with E-state index < -0.39 is 29.3 Å². The number of halogens is 1. The number of nitrogens with one attached hydrogen (secondary N) is 2. The van der Waals surface area contributed by atoms with Crippen molar-refractivity contribution in [3.05, 3.63) is 58.9 Å². The number of imide groups is 1. The van der Waals surface area contributed by atoms with Crippen molar-refractivity contribution in [3.8, 4) is 5.75 Å². The Hall–Kier alpha value is -3.46. The summed E-state index contributed by atoms with van der Waals surface area (Å²) in [7, 11) is 1.49. The van der Waals surface area contributed by atoms with E-state index in [2.05, 4.69) is 10.6 Å². The van der Waals surface area contributed by atoms with Crippen LogP contribution in [0.3, 0.4) is 0 Å². The fraction of sp³-hybridized carbons (Fsp3) is 0.286. The van der Waals surface area contributed by atoms with Gasteiger partial charge in [0.1, 0.15) is 11.6 Å². The first kappa shape index (κ1) is 19.8. The van der Waals surface area contributed by atoms with E-state index in [1.165, 1.54) is 19.2 Å². The number of benzene rings is 2. The third-order valence-corrected chi connectivity index (χ3v) is 5.45. The second-order valence-electron chi connectivity index (χ2n) is 7.23. The van der Waals surface area contributed by atoms with Crippen molar-refractivity contribution in [1.82, 2.24) is 10.2 Å². The first-order valence-corrected chi connectivity index (χ1v) is 9.40. The molecule has 0 radical (unpaired) electrons. The molecule has 0 saturated carbocycles. The average molecular weight is 413 g/mol. The molecule has 0 aliphatic carbocycles. The lowest BCUT2D eigenvalue weighted by atomic mass is 10.00. The smallest absolute Gasteiger partial charge is 0.279 e. The van der Waals surface area contributed by atoms with E-state index in [0.29, 0.717) is 28.1 Å². The number of fused-ring (bicyclic) bond motifs is 1. The second-order valence-corrected chi connectivity index (χ2v) is 7.23. The number of piperidine rings is 1. The van der Waals surface area contributed by atoms with Crippen LogP contribution in [0.25, 0.3) is 0 Å². The van der Waals surface area contributed by atoms with Crippen LogP contribution < -0.4 is 15.4 Å². The normalized spacial score (nSPS) is 20.8. The highest BCUT2D eigenvalue weighted by Gasteiger charge is 2.51. The maximum Gasteiger partial charge on any atom is 0.279 e. The van der Waals surface area contributed by atoms with Crippen LogP contribution in [-0.4, -0.2) is 40.6 Å². The van der Waals surface area contributed by atoms with Crippen LogP contribution >= 0.6 is 0 Å². The van der Waals surface area contributed by atoms with Gasteiger partial charge < -0.3 is 15.2 Å². The summed E-state index contributed by atoms with van der Waals surface area (Å²) >= 11 is 0. The highest BCUT2D eigenvalue weighted by molar-refractivity contribution is 6.07. The summed E-state index contributed by atoms with van der Waals surface area (Å²) in [5.74, 6) is -1.78. The molecule has 2 aromatic carbocycles. The Kier molecular flexibility index (Phi) is 4.90. The number of carbonyl (C=O) groups is 3. The van der Waals surface area contributed by atoms with Crippen LogP contribution in [0.15, 0.2) is 36.4 Å². The number of anilines is 1. The van der Waals surface area contributed by atoms with Gasteiger partial charge in [0.25, 0.3) is 11.8 Å². The fourth-order valence-electron chi connectivity index (χ4n) is 3.75. The number of amides is 3. The van der Waals surface area contributed by atoms with E-state index in [1.807, 2.05) is 0 Å². The number of nitrogens with zero attached hydrogens (tertiary/aromatic N) is 1. The molecule has 2 aliphatic heterocycles. The lowest BCUT2D eigenvalue weighted by molar-refractivity contribution is -0.167. The topological polar surface area (TPSA) is 108 Å². The zero-order chi connectivity index (χ0) is 21.5. The van der Waals surface area contributed by atoms with Gasteiger partial charge in [-0.3, -0.25) is 24.6 Å². The molecule has 2 aromatic rings. The van der Waals surface area contributed by atoms with Gasteiger partial charge in [0.15, 0.2) is 0 Å². The lowest BCUT2D eigenvalue weighted by Crippen LogP contribution is -2.63. The van der Waals surface area contributed by atoms with Gasteiger partial charge in [-0.05, 0) is 30.3 Å². The Balaban J connectivity index is 1.58. The number of hydrogen-bond donors (Lipinski definition) is 3. The number of aliphatic hydroxyl groups is 1. The van der Waals surface area contributed by atoms with Crippen molar-refractivity contribution in [1.29, 1.82) is 0 Å². The maximum absolute atomic E-state index is 14.1. The van der Waals surface area contributed by atoms with Gasteiger partial charge in [-0.15, -0.1) is 0 Å². The van der Waals surface area contributed by atoms with E-state index in [9.17, 15) is 23.9 Å². The third kappa shape index (κ3) is 3.26. The van der Waals surface area contributed by atoms with Gasteiger partial charge in [-0.1, -0.05) is 6.07 Å². The summed E-state index contributed by atoms with van der Waals surface area (Å²) in [5.41, 5.74) is -0.202. The molecule has 4 rings (SSSR count). The molecule has 1 unspecified atom stereocenters. The Morgan fingerprint density at radius 1 is 1.27 bits per heavy atom. The van der Waals surface area contributed by atoms with Gasteiger partial charge >= 0.3 is 0 Å². The van der Waals surface area contributed by atoms with Crippen LogP contribution in [0, 0.1) is 5.82 Å². The fourth-order valence-corrected chi connectivity index (χ4v) is 3.75. The van der Waals surface area contributed by atoms with Crippen LogP contribution in [0.5, 0.6) is 5.75 Å². The van der Waals surface area contributed by atoms with E-state index in [-0.39, 0.29) is 25.9 Å². The molecule has 0 bridgehead atoms. The van der Waals surface area contributed by atoms with E-state index in [1.54, 1.807) is 24.3 Å². The Bertz CT molecular complexity index is 1060. The largest absolute Gasteiger partial charge is 0.497 e. The zero-order valence-corrected chi connectivity index (χ0v) is 16.2. The van der Waals surface area contributed by atoms with E-state index in [0.717, 1.165) is 4.90 Å². The van der Waals surface area contributed by atoms with Crippen molar-refractivity contribution in [3.63, 3.8) is 0 Å². The molecule has 0 aromatic heterocycles.